The Hall–Kier alpha value is 1.36. The van der Waals surface area contributed by atoms with Crippen molar-refractivity contribution in [2.45, 2.75) is 9.34 Å². The van der Waals surface area contributed by atoms with Crippen molar-refractivity contribution in [3.05, 3.63) is 21.1 Å². The largest absolute Gasteiger partial charge is 0.374 e. The molecule has 0 heterocycles. The van der Waals surface area contributed by atoms with Crippen LogP contribution in [0.3, 0.4) is 0 Å². The van der Waals surface area contributed by atoms with Gasteiger partial charge in [0.1, 0.15) is 0 Å². The fourth-order valence-electron chi connectivity index (χ4n) is 0.707. The molecule has 1 N–H and O–H groups in total. The average Bonchev–Trinajstić information content (AvgIpc) is 1.81. The SMILES string of the molecule is OC1(Br)C=C(Br)C=C(Br)C1Br. The Bertz CT molecular complexity index is 231. The molecule has 2 atom stereocenters. The molecule has 0 amide bonds. The van der Waals surface area contributed by atoms with Gasteiger partial charge in [0.25, 0.3) is 0 Å². The summed E-state index contributed by atoms with van der Waals surface area (Å²) in [5, 5.41) is 9.68. The topological polar surface area (TPSA) is 20.2 Å². The minimum Gasteiger partial charge on any atom is -0.374 e. The lowest BCUT2D eigenvalue weighted by Crippen LogP contribution is -2.31. The molecule has 1 aliphatic rings. The van der Waals surface area contributed by atoms with Crippen molar-refractivity contribution < 1.29 is 5.11 Å². The van der Waals surface area contributed by atoms with Crippen molar-refractivity contribution >= 4 is 63.7 Å². The molecule has 11 heavy (non-hydrogen) atoms. The van der Waals surface area contributed by atoms with E-state index in [-0.39, 0.29) is 4.83 Å². The standard InChI is InChI=1S/C6H4Br4O/c7-3-1-4(8)5(9)6(10,11)2-3/h1-2,5,11H. The minimum absolute atomic E-state index is 0.142. The highest BCUT2D eigenvalue weighted by Crippen LogP contribution is 2.40. The summed E-state index contributed by atoms with van der Waals surface area (Å²) in [5.74, 6) is 0. The van der Waals surface area contributed by atoms with Crippen LogP contribution in [0.2, 0.25) is 0 Å². The summed E-state index contributed by atoms with van der Waals surface area (Å²) >= 11 is 13.1. The summed E-state index contributed by atoms with van der Waals surface area (Å²) < 4.78 is 0.727. The van der Waals surface area contributed by atoms with E-state index in [9.17, 15) is 5.11 Å². The Morgan fingerprint density at radius 2 is 2.00 bits per heavy atom. The predicted octanol–water partition coefficient (Wildman–Crippen LogP) is 3.40. The summed E-state index contributed by atoms with van der Waals surface area (Å²) in [5.41, 5.74) is 0. The van der Waals surface area contributed by atoms with Gasteiger partial charge in [-0.15, -0.1) is 0 Å². The number of halogens is 4. The third-order valence-electron chi connectivity index (χ3n) is 1.21. The molecular weight excluding hydrogens is 408 g/mol. The van der Waals surface area contributed by atoms with Crippen LogP contribution in [0.25, 0.3) is 0 Å². The minimum atomic E-state index is -1.01. The quantitative estimate of drug-likeness (QED) is 0.606. The Kier molecular flexibility index (Phi) is 3.43. The lowest BCUT2D eigenvalue weighted by molar-refractivity contribution is 0.203. The summed E-state index contributed by atoms with van der Waals surface area (Å²) in [6.07, 6.45) is 3.56. The summed E-state index contributed by atoms with van der Waals surface area (Å²) in [6, 6.07) is 0. The number of aliphatic hydroxyl groups is 1. The monoisotopic (exact) mass is 408 g/mol. The van der Waals surface area contributed by atoms with E-state index < -0.39 is 4.51 Å². The summed E-state index contributed by atoms with van der Waals surface area (Å²) in [7, 11) is 0. The van der Waals surface area contributed by atoms with Crippen LogP contribution in [-0.4, -0.2) is 14.4 Å². The zero-order chi connectivity index (χ0) is 8.65. The van der Waals surface area contributed by atoms with E-state index in [1.54, 1.807) is 6.08 Å². The zero-order valence-corrected chi connectivity index (χ0v) is 11.5. The second kappa shape index (κ2) is 3.62. The molecule has 5 heteroatoms. The number of hydrogen-bond donors (Lipinski definition) is 1. The van der Waals surface area contributed by atoms with Crippen molar-refractivity contribution in [2.75, 3.05) is 0 Å². The first-order valence-corrected chi connectivity index (χ1v) is 6.04. The van der Waals surface area contributed by atoms with E-state index in [1.807, 2.05) is 6.08 Å². The number of rotatable bonds is 0. The van der Waals surface area contributed by atoms with Crippen LogP contribution in [0.15, 0.2) is 21.1 Å². The fraction of sp³-hybridized carbons (Fsp3) is 0.333. The third kappa shape index (κ3) is 2.40. The molecule has 1 aliphatic carbocycles. The normalized spacial score (nSPS) is 38.1. The Morgan fingerprint density at radius 1 is 1.45 bits per heavy atom. The zero-order valence-electron chi connectivity index (χ0n) is 5.19. The molecule has 0 aromatic rings. The maximum atomic E-state index is 9.68. The van der Waals surface area contributed by atoms with Crippen molar-refractivity contribution in [1.29, 1.82) is 0 Å². The molecule has 2 unspecified atom stereocenters. The molecule has 0 aromatic carbocycles. The first-order valence-electron chi connectivity index (χ1n) is 2.74. The fourth-order valence-corrected chi connectivity index (χ4v) is 3.58. The van der Waals surface area contributed by atoms with Gasteiger partial charge in [-0.3, -0.25) is 0 Å². The highest BCUT2D eigenvalue weighted by Gasteiger charge is 2.34. The molecule has 0 bridgehead atoms. The average molecular weight is 412 g/mol. The maximum absolute atomic E-state index is 9.68. The lowest BCUT2D eigenvalue weighted by Gasteiger charge is -2.26. The van der Waals surface area contributed by atoms with Gasteiger partial charge in [-0.25, -0.2) is 0 Å². The van der Waals surface area contributed by atoms with E-state index >= 15 is 0 Å². The second-order valence-electron chi connectivity index (χ2n) is 2.15. The summed E-state index contributed by atoms with van der Waals surface area (Å²) in [4.78, 5) is -0.142. The van der Waals surface area contributed by atoms with Crippen LogP contribution in [0.4, 0.5) is 0 Å². The van der Waals surface area contributed by atoms with Gasteiger partial charge >= 0.3 is 0 Å². The molecule has 0 spiro atoms. The van der Waals surface area contributed by atoms with Gasteiger partial charge in [0.2, 0.25) is 0 Å². The predicted molar refractivity (Wildman–Crippen MR) is 60.6 cm³/mol. The van der Waals surface area contributed by atoms with Gasteiger partial charge in [0.15, 0.2) is 4.51 Å². The molecular formula is C6H4Br4O. The highest BCUT2D eigenvalue weighted by atomic mass is 79.9. The van der Waals surface area contributed by atoms with Crippen LogP contribution in [0, 0.1) is 0 Å². The van der Waals surface area contributed by atoms with Gasteiger partial charge in [-0.05, 0) is 28.1 Å². The molecule has 0 saturated heterocycles. The Balaban J connectivity index is 3.01. The maximum Gasteiger partial charge on any atom is 0.156 e. The van der Waals surface area contributed by atoms with Gasteiger partial charge in [0.05, 0.1) is 4.83 Å². The first kappa shape index (κ1) is 10.4. The van der Waals surface area contributed by atoms with Crippen molar-refractivity contribution in [3.63, 3.8) is 0 Å². The van der Waals surface area contributed by atoms with Crippen LogP contribution >= 0.6 is 63.7 Å². The number of hydrogen-bond acceptors (Lipinski definition) is 1. The van der Waals surface area contributed by atoms with Gasteiger partial charge in [0, 0.05) is 8.96 Å². The van der Waals surface area contributed by atoms with Crippen LogP contribution < -0.4 is 0 Å². The van der Waals surface area contributed by atoms with Crippen LogP contribution in [0.1, 0.15) is 0 Å². The number of allylic oxidation sites excluding steroid dienone is 2. The summed E-state index contributed by atoms with van der Waals surface area (Å²) in [6.45, 7) is 0. The molecule has 0 aliphatic heterocycles. The second-order valence-corrected chi connectivity index (χ2v) is 6.17. The Labute approximate surface area is 98.4 Å². The molecule has 1 rings (SSSR count). The van der Waals surface area contributed by atoms with Crippen molar-refractivity contribution in [3.8, 4) is 0 Å². The lowest BCUT2D eigenvalue weighted by atomic mass is 10.1. The van der Waals surface area contributed by atoms with E-state index in [0.29, 0.717) is 0 Å². The highest BCUT2D eigenvalue weighted by molar-refractivity contribution is 9.15. The molecule has 1 nitrogen and oxygen atoms in total. The first-order chi connectivity index (χ1) is 4.93. The van der Waals surface area contributed by atoms with E-state index in [2.05, 4.69) is 63.7 Å². The Morgan fingerprint density at radius 3 is 2.45 bits per heavy atom. The van der Waals surface area contributed by atoms with Crippen molar-refractivity contribution in [2.24, 2.45) is 0 Å². The van der Waals surface area contributed by atoms with Gasteiger partial charge in [-0.1, -0.05) is 47.8 Å². The number of alkyl halides is 2. The van der Waals surface area contributed by atoms with E-state index in [1.165, 1.54) is 0 Å². The third-order valence-corrected chi connectivity index (χ3v) is 5.47. The molecule has 0 fully saturated rings. The van der Waals surface area contributed by atoms with Crippen LogP contribution in [-0.2, 0) is 0 Å². The van der Waals surface area contributed by atoms with E-state index in [4.69, 9.17) is 0 Å². The molecule has 0 radical (unpaired) electrons. The van der Waals surface area contributed by atoms with E-state index in [0.717, 1.165) is 8.96 Å². The smallest absolute Gasteiger partial charge is 0.156 e. The van der Waals surface area contributed by atoms with Gasteiger partial charge < -0.3 is 5.11 Å². The molecule has 0 saturated carbocycles. The van der Waals surface area contributed by atoms with Crippen LogP contribution in [0.5, 0.6) is 0 Å². The van der Waals surface area contributed by atoms with Gasteiger partial charge in [-0.2, -0.15) is 0 Å². The molecule has 0 aromatic heterocycles. The van der Waals surface area contributed by atoms with Crippen molar-refractivity contribution in [1.82, 2.24) is 0 Å². The molecule has 62 valence electrons.